The molecule has 264 valence electrons. The number of likely N-dealkylation sites (N-methyl/N-ethyl adjacent to an activating group) is 1. The Hall–Kier alpha value is -4.29. The molecule has 1 aromatic carbocycles. The van der Waals surface area contributed by atoms with E-state index in [-0.39, 0.29) is 34.0 Å². The summed E-state index contributed by atoms with van der Waals surface area (Å²) in [5.41, 5.74) is 3.50. The van der Waals surface area contributed by atoms with E-state index in [9.17, 15) is 14.4 Å². The minimum absolute atomic E-state index is 0.0249. The summed E-state index contributed by atoms with van der Waals surface area (Å²) in [4.78, 5) is 47.3. The van der Waals surface area contributed by atoms with Gasteiger partial charge in [0.2, 0.25) is 0 Å². The number of pyridine rings is 1. The van der Waals surface area contributed by atoms with Crippen LogP contribution in [0.15, 0.2) is 36.7 Å². The number of amides is 3. The van der Waals surface area contributed by atoms with Crippen molar-refractivity contribution in [3.63, 3.8) is 0 Å². The highest BCUT2D eigenvalue weighted by molar-refractivity contribution is 6.07. The Bertz CT molecular complexity index is 1690. The van der Waals surface area contributed by atoms with Gasteiger partial charge in [0.25, 0.3) is 11.8 Å². The maximum atomic E-state index is 13.5. The summed E-state index contributed by atoms with van der Waals surface area (Å²) in [6.07, 6.45) is 5.36. The Balaban J connectivity index is 1.44. The largest absolute Gasteiger partial charge is 0.516 e. The van der Waals surface area contributed by atoms with Crippen LogP contribution in [0.25, 0.3) is 0 Å². The van der Waals surface area contributed by atoms with E-state index >= 15 is 0 Å². The van der Waals surface area contributed by atoms with E-state index in [0.29, 0.717) is 61.3 Å². The van der Waals surface area contributed by atoms with Crippen molar-refractivity contribution >= 4 is 23.7 Å². The molecule has 1 aliphatic carbocycles. The smallest absolute Gasteiger partial charge is 0.482 e. The maximum absolute atomic E-state index is 13.5. The van der Waals surface area contributed by atoms with E-state index in [4.69, 9.17) is 14.5 Å². The molecule has 12 heteroatoms. The highest BCUT2D eigenvalue weighted by atomic mass is 16.6. The Kier molecular flexibility index (Phi) is 10.5. The number of quaternary nitrogens is 1. The number of aryl methyl sites for hydroxylation is 3. The number of nitrogens with one attached hydrogen (secondary N) is 2. The van der Waals surface area contributed by atoms with E-state index in [1.165, 1.54) is 18.4 Å². The molecule has 3 heterocycles. The third-order valence-corrected chi connectivity index (χ3v) is 9.46. The number of carbonyl (C=O) groups is 3. The first-order valence-corrected chi connectivity index (χ1v) is 17.3. The molecule has 1 saturated heterocycles. The second kappa shape index (κ2) is 14.3. The van der Waals surface area contributed by atoms with Crippen LogP contribution in [0, 0.1) is 13.8 Å². The fourth-order valence-electron chi connectivity index (χ4n) is 6.22. The summed E-state index contributed by atoms with van der Waals surface area (Å²) in [5, 5.41) is 10.1. The zero-order valence-corrected chi connectivity index (χ0v) is 30.4. The van der Waals surface area contributed by atoms with Gasteiger partial charge in [0.15, 0.2) is 11.9 Å². The van der Waals surface area contributed by atoms with Gasteiger partial charge in [-0.1, -0.05) is 6.07 Å². The van der Waals surface area contributed by atoms with E-state index in [1.807, 2.05) is 67.1 Å². The summed E-state index contributed by atoms with van der Waals surface area (Å²) < 4.78 is 14.4. The number of nitrogens with zero attached hydrogens (tertiary/aromatic N) is 5. The van der Waals surface area contributed by atoms with Gasteiger partial charge in [-0.05, 0) is 96.6 Å². The fraction of sp³-hybridized carbons (Fsp3) is 0.541. The molecule has 0 radical (unpaired) electrons. The summed E-state index contributed by atoms with van der Waals surface area (Å²) in [5.74, 6) is 0.691. The van der Waals surface area contributed by atoms with E-state index < -0.39 is 11.7 Å². The molecule has 3 aromatic rings. The Morgan fingerprint density at radius 3 is 2.39 bits per heavy atom. The van der Waals surface area contributed by atoms with Gasteiger partial charge < -0.3 is 20.1 Å². The average Bonchev–Trinajstić information content (AvgIpc) is 3.82. The molecule has 12 nitrogen and oxygen atoms in total. The molecule has 0 spiro atoms. The molecule has 3 atom stereocenters. The molecular formula is C37H52N7O5+. The average molecular weight is 675 g/mol. The maximum Gasteiger partial charge on any atom is 0.516 e. The number of piperazine rings is 1. The lowest BCUT2D eigenvalue weighted by atomic mass is 10.0. The second-order valence-electron chi connectivity index (χ2n) is 14.8. The number of anilines is 1. The molecule has 3 amide bonds. The third-order valence-electron chi connectivity index (χ3n) is 9.46. The third kappa shape index (κ3) is 8.48. The van der Waals surface area contributed by atoms with Crippen molar-refractivity contribution in [1.82, 2.24) is 25.0 Å². The van der Waals surface area contributed by atoms with Crippen LogP contribution < -0.4 is 15.4 Å². The van der Waals surface area contributed by atoms with Crippen LogP contribution in [0.3, 0.4) is 0 Å². The lowest BCUT2D eigenvalue weighted by Gasteiger charge is -2.45. The monoisotopic (exact) mass is 674 g/mol. The van der Waals surface area contributed by atoms with Gasteiger partial charge >= 0.3 is 6.09 Å². The number of hydrogen-bond donors (Lipinski definition) is 2. The van der Waals surface area contributed by atoms with Crippen LogP contribution in [-0.4, -0.2) is 93.5 Å². The van der Waals surface area contributed by atoms with Gasteiger partial charge in [0.05, 0.1) is 24.8 Å². The summed E-state index contributed by atoms with van der Waals surface area (Å²) in [7, 11) is 3.73. The van der Waals surface area contributed by atoms with Crippen molar-refractivity contribution in [2.75, 3.05) is 45.1 Å². The molecule has 1 saturated carbocycles. The fourth-order valence-corrected chi connectivity index (χ4v) is 6.22. The molecule has 49 heavy (non-hydrogen) atoms. The normalized spacial score (nSPS) is 20.4. The summed E-state index contributed by atoms with van der Waals surface area (Å²) in [6.45, 7) is 16.1. The minimum atomic E-state index is -0.570. The minimum Gasteiger partial charge on any atom is -0.482 e. The van der Waals surface area contributed by atoms with Crippen LogP contribution in [0.4, 0.5) is 10.6 Å². The SMILES string of the molecule is CCNC(=O)c1cc(C(=O)Nc2nn(C)cc2C)c(C)cc1O[C@H](CN1CC[N+](C)(C(=O)OC(C)(C)C)[C@H](C)C1)c1ccc(C2CC2)cn1. The summed E-state index contributed by atoms with van der Waals surface area (Å²) >= 11 is 0. The molecule has 2 aromatic heterocycles. The number of aromatic nitrogens is 3. The van der Waals surface area contributed by atoms with Crippen LogP contribution in [0.2, 0.25) is 0 Å². The predicted octanol–water partition coefficient (Wildman–Crippen LogP) is 5.52. The van der Waals surface area contributed by atoms with Crippen molar-refractivity contribution in [3.8, 4) is 5.75 Å². The zero-order valence-electron chi connectivity index (χ0n) is 30.4. The van der Waals surface area contributed by atoms with Crippen molar-refractivity contribution in [3.05, 3.63) is 70.2 Å². The van der Waals surface area contributed by atoms with Gasteiger partial charge in [-0.25, -0.2) is 4.48 Å². The molecule has 1 unspecified atom stereocenters. The topological polar surface area (TPSA) is 128 Å². The Morgan fingerprint density at radius 2 is 1.82 bits per heavy atom. The van der Waals surface area contributed by atoms with Crippen LogP contribution >= 0.6 is 0 Å². The number of hydrogen-bond acceptors (Lipinski definition) is 8. The quantitative estimate of drug-likeness (QED) is 0.270. The zero-order chi connectivity index (χ0) is 35.7. The number of benzene rings is 1. The summed E-state index contributed by atoms with van der Waals surface area (Å²) in [6, 6.07) is 7.46. The first-order chi connectivity index (χ1) is 23.1. The molecule has 1 aliphatic heterocycles. The molecular weight excluding hydrogens is 622 g/mol. The van der Waals surface area contributed by atoms with Crippen LogP contribution in [-0.2, 0) is 11.8 Å². The van der Waals surface area contributed by atoms with Crippen molar-refractivity contribution < 1.29 is 28.3 Å². The van der Waals surface area contributed by atoms with Crippen molar-refractivity contribution in [2.24, 2.45) is 7.05 Å². The predicted molar refractivity (Wildman–Crippen MR) is 188 cm³/mol. The second-order valence-corrected chi connectivity index (χ2v) is 14.8. The Labute approximate surface area is 289 Å². The first kappa shape index (κ1) is 36.0. The lowest BCUT2D eigenvalue weighted by molar-refractivity contribution is -0.867. The highest BCUT2D eigenvalue weighted by Gasteiger charge is 2.45. The Morgan fingerprint density at radius 1 is 1.08 bits per heavy atom. The molecule has 2 aliphatic rings. The van der Waals surface area contributed by atoms with Gasteiger partial charge in [-0.3, -0.25) is 24.2 Å². The molecule has 0 bridgehead atoms. The van der Waals surface area contributed by atoms with E-state index in [1.54, 1.807) is 23.9 Å². The number of ether oxygens (including phenoxy) is 2. The lowest BCUT2D eigenvalue weighted by Crippen LogP contribution is -2.66. The van der Waals surface area contributed by atoms with Gasteiger partial charge in [0.1, 0.15) is 23.9 Å². The number of rotatable bonds is 10. The standard InChI is InChI=1S/C37H51N7O5/c1-10-38-34(45)29-18-28(35(46)40-33-24(3)20-42(8)41-33)23(2)17-31(29)48-32(30-14-13-27(19-39-30)26-11-12-26)22-43-15-16-44(9,25(4)21-43)36(47)49-37(5,6)7/h13-14,17-20,25-26,32H,10-12,15-16,21-22H2,1-9H3,(H-,38,40,41,45,46)/p+1/t25-,32-,44?/m1/s1. The van der Waals surface area contributed by atoms with Gasteiger partial charge in [0, 0.05) is 50.2 Å². The van der Waals surface area contributed by atoms with Gasteiger partial charge in [-0.2, -0.15) is 9.89 Å². The molecule has 2 fully saturated rings. The van der Waals surface area contributed by atoms with E-state index in [2.05, 4.69) is 33.6 Å². The van der Waals surface area contributed by atoms with Crippen molar-refractivity contribution in [2.45, 2.75) is 85.0 Å². The van der Waals surface area contributed by atoms with E-state index in [0.717, 1.165) is 11.3 Å². The highest BCUT2D eigenvalue weighted by Crippen LogP contribution is 2.40. The molecule has 2 N–H and O–H groups in total. The number of carbonyl (C=O) groups excluding carboxylic acids is 3. The molecule has 5 rings (SSSR count). The first-order valence-electron chi connectivity index (χ1n) is 17.3. The van der Waals surface area contributed by atoms with Gasteiger partial charge in [-0.15, -0.1) is 0 Å². The van der Waals surface area contributed by atoms with Crippen LogP contribution in [0.5, 0.6) is 5.75 Å². The van der Waals surface area contributed by atoms with Crippen LogP contribution in [0.1, 0.15) is 103 Å². The van der Waals surface area contributed by atoms with Crippen molar-refractivity contribution in [1.29, 1.82) is 0 Å².